The molecule has 1 aliphatic heterocycles. The second-order valence-electron chi connectivity index (χ2n) is 7.32. The van der Waals surface area contributed by atoms with Gasteiger partial charge in [0.15, 0.2) is 0 Å². The normalized spacial score (nSPS) is 14.8. The molecule has 1 aromatic carbocycles. The molecule has 1 fully saturated rings. The van der Waals surface area contributed by atoms with Gasteiger partial charge in [-0.3, -0.25) is 14.5 Å². The predicted molar refractivity (Wildman–Crippen MR) is 120 cm³/mol. The fourth-order valence-corrected chi connectivity index (χ4v) is 4.28. The van der Waals surface area contributed by atoms with Crippen molar-refractivity contribution in [3.05, 3.63) is 51.2 Å². The molecule has 0 atom stereocenters. The van der Waals surface area contributed by atoms with Crippen LogP contribution in [0.1, 0.15) is 28.8 Å². The van der Waals surface area contributed by atoms with Crippen molar-refractivity contribution in [3.63, 3.8) is 0 Å². The number of carbonyl (C=O) groups excluding carboxylic acids is 2. The molecule has 1 saturated heterocycles. The van der Waals surface area contributed by atoms with Crippen LogP contribution in [0.25, 0.3) is 0 Å². The Bertz CT molecular complexity index is 926. The molecular weight excluding hydrogens is 420 g/mol. The van der Waals surface area contributed by atoms with Crippen LogP contribution >= 0.6 is 22.9 Å². The number of hydrogen-bond donors (Lipinski definition) is 0. The zero-order valence-electron chi connectivity index (χ0n) is 17.0. The maximum Gasteiger partial charge on any atom is 0.254 e. The SMILES string of the molecule is Cc1cc(N(CCC#N)C(=O)CN2CCCN(C(=O)c3ccsc3)CC2)ccc1Cl. The lowest BCUT2D eigenvalue weighted by Crippen LogP contribution is -2.42. The van der Waals surface area contributed by atoms with Crippen molar-refractivity contribution in [1.82, 2.24) is 9.80 Å². The zero-order valence-corrected chi connectivity index (χ0v) is 18.6. The average molecular weight is 445 g/mol. The third-order valence-corrected chi connectivity index (χ3v) is 6.31. The maximum atomic E-state index is 13.1. The number of halogens is 1. The summed E-state index contributed by atoms with van der Waals surface area (Å²) in [5.41, 5.74) is 2.37. The summed E-state index contributed by atoms with van der Waals surface area (Å²) in [5.74, 6) is 0.00120. The van der Waals surface area contributed by atoms with E-state index in [9.17, 15) is 9.59 Å². The van der Waals surface area contributed by atoms with Crippen LogP contribution in [0.15, 0.2) is 35.0 Å². The number of rotatable bonds is 6. The lowest BCUT2D eigenvalue weighted by Gasteiger charge is -2.27. The Morgan fingerprint density at radius 1 is 1.23 bits per heavy atom. The Morgan fingerprint density at radius 3 is 2.77 bits per heavy atom. The van der Waals surface area contributed by atoms with Gasteiger partial charge in [0.25, 0.3) is 5.91 Å². The third-order valence-electron chi connectivity index (χ3n) is 5.20. The van der Waals surface area contributed by atoms with Crippen LogP contribution in [0.5, 0.6) is 0 Å². The van der Waals surface area contributed by atoms with Crippen LogP contribution in [0.4, 0.5) is 5.69 Å². The number of aryl methyl sites for hydroxylation is 1. The number of carbonyl (C=O) groups is 2. The molecule has 1 aliphatic rings. The Hall–Kier alpha value is -2.40. The number of thiophene rings is 1. The smallest absolute Gasteiger partial charge is 0.254 e. The molecule has 6 nitrogen and oxygen atoms in total. The molecule has 0 radical (unpaired) electrons. The number of amides is 2. The highest BCUT2D eigenvalue weighted by atomic mass is 35.5. The van der Waals surface area contributed by atoms with Gasteiger partial charge in [0, 0.05) is 48.8 Å². The summed E-state index contributed by atoms with van der Waals surface area (Å²) < 4.78 is 0. The highest BCUT2D eigenvalue weighted by Crippen LogP contribution is 2.23. The van der Waals surface area contributed by atoms with E-state index in [1.54, 1.807) is 11.0 Å². The summed E-state index contributed by atoms with van der Waals surface area (Å²) >= 11 is 7.64. The van der Waals surface area contributed by atoms with Crippen molar-refractivity contribution in [2.24, 2.45) is 0 Å². The van der Waals surface area contributed by atoms with Crippen LogP contribution < -0.4 is 4.90 Å². The van der Waals surface area contributed by atoms with E-state index < -0.39 is 0 Å². The van der Waals surface area contributed by atoms with Gasteiger partial charge in [0.05, 0.1) is 24.6 Å². The van der Waals surface area contributed by atoms with E-state index in [4.69, 9.17) is 16.9 Å². The number of hydrogen-bond acceptors (Lipinski definition) is 5. The van der Waals surface area contributed by atoms with Crippen molar-refractivity contribution in [2.75, 3.05) is 44.2 Å². The molecule has 0 unspecified atom stereocenters. The molecular formula is C22H25ClN4O2S. The average Bonchev–Trinajstić information content (AvgIpc) is 3.17. The minimum Gasteiger partial charge on any atom is -0.337 e. The van der Waals surface area contributed by atoms with E-state index >= 15 is 0 Å². The van der Waals surface area contributed by atoms with Crippen molar-refractivity contribution >= 4 is 40.4 Å². The fourth-order valence-electron chi connectivity index (χ4n) is 3.53. The monoisotopic (exact) mass is 444 g/mol. The number of nitriles is 1. The first-order valence-corrected chi connectivity index (χ1v) is 11.3. The molecule has 2 heterocycles. The van der Waals surface area contributed by atoms with Gasteiger partial charge in [0.1, 0.15) is 0 Å². The molecule has 0 N–H and O–H groups in total. The number of benzene rings is 1. The number of anilines is 1. The second kappa shape index (κ2) is 10.6. The van der Waals surface area contributed by atoms with Crippen LogP contribution in [-0.2, 0) is 4.79 Å². The van der Waals surface area contributed by atoms with Gasteiger partial charge in [0.2, 0.25) is 5.91 Å². The summed E-state index contributed by atoms with van der Waals surface area (Å²) in [7, 11) is 0. The quantitative estimate of drug-likeness (QED) is 0.679. The molecule has 30 heavy (non-hydrogen) atoms. The third kappa shape index (κ3) is 5.60. The van der Waals surface area contributed by atoms with Gasteiger partial charge < -0.3 is 9.80 Å². The Labute approximate surface area is 186 Å². The summed E-state index contributed by atoms with van der Waals surface area (Å²) in [6, 6.07) is 9.43. The molecule has 2 aromatic rings. The molecule has 0 saturated carbocycles. The minimum atomic E-state index is -0.0513. The maximum absolute atomic E-state index is 13.1. The van der Waals surface area contributed by atoms with Gasteiger partial charge in [-0.25, -0.2) is 0 Å². The second-order valence-corrected chi connectivity index (χ2v) is 8.51. The first kappa shape index (κ1) is 22.3. The van der Waals surface area contributed by atoms with Gasteiger partial charge >= 0.3 is 0 Å². The number of nitrogens with zero attached hydrogens (tertiary/aromatic N) is 4. The fraction of sp³-hybridized carbons (Fsp3) is 0.409. The van der Waals surface area contributed by atoms with E-state index in [2.05, 4.69) is 11.0 Å². The molecule has 8 heteroatoms. The Morgan fingerprint density at radius 2 is 2.07 bits per heavy atom. The topological polar surface area (TPSA) is 67.7 Å². The van der Waals surface area contributed by atoms with Crippen LogP contribution in [0.3, 0.4) is 0 Å². The van der Waals surface area contributed by atoms with E-state index in [1.807, 2.05) is 40.8 Å². The van der Waals surface area contributed by atoms with Crippen molar-refractivity contribution in [3.8, 4) is 6.07 Å². The zero-order chi connectivity index (χ0) is 21.5. The Balaban J connectivity index is 1.64. The molecule has 3 rings (SSSR count). The Kier molecular flexibility index (Phi) is 7.86. The molecule has 0 spiro atoms. The van der Waals surface area contributed by atoms with Gasteiger partial charge in [-0.15, -0.1) is 0 Å². The lowest BCUT2D eigenvalue weighted by molar-refractivity contribution is -0.119. The van der Waals surface area contributed by atoms with Crippen LogP contribution in [-0.4, -0.2) is 60.9 Å². The summed E-state index contributed by atoms with van der Waals surface area (Å²) in [5, 5.41) is 13.4. The first-order valence-electron chi connectivity index (χ1n) is 9.97. The summed E-state index contributed by atoms with van der Waals surface area (Å²) in [6.07, 6.45) is 1.08. The van der Waals surface area contributed by atoms with Gasteiger partial charge in [-0.2, -0.15) is 16.6 Å². The summed E-state index contributed by atoms with van der Waals surface area (Å²) in [4.78, 5) is 31.3. The van der Waals surface area contributed by atoms with Gasteiger partial charge in [-0.05, 0) is 48.6 Å². The molecule has 2 amide bonds. The molecule has 0 aliphatic carbocycles. The predicted octanol–water partition coefficient (Wildman–Crippen LogP) is 3.80. The van der Waals surface area contributed by atoms with Crippen molar-refractivity contribution in [2.45, 2.75) is 19.8 Å². The van der Waals surface area contributed by atoms with E-state index in [-0.39, 0.29) is 24.8 Å². The van der Waals surface area contributed by atoms with E-state index in [1.165, 1.54) is 11.3 Å². The van der Waals surface area contributed by atoms with Crippen molar-refractivity contribution < 1.29 is 9.59 Å². The van der Waals surface area contributed by atoms with Crippen LogP contribution in [0.2, 0.25) is 5.02 Å². The standard InChI is InChI=1S/C22H25ClN4O2S/c1-17-14-19(4-5-20(17)23)27(10-2-7-24)21(28)15-25-8-3-9-26(12-11-25)22(29)18-6-13-30-16-18/h4-6,13-14,16H,2-3,8-12,15H2,1H3. The highest BCUT2D eigenvalue weighted by molar-refractivity contribution is 7.08. The van der Waals surface area contributed by atoms with E-state index in [0.717, 1.165) is 29.8 Å². The van der Waals surface area contributed by atoms with Gasteiger partial charge in [-0.1, -0.05) is 11.6 Å². The molecule has 158 valence electrons. The summed E-state index contributed by atoms with van der Waals surface area (Å²) in [6.45, 7) is 5.18. The minimum absolute atomic E-state index is 0.0513. The lowest BCUT2D eigenvalue weighted by atomic mass is 10.2. The largest absolute Gasteiger partial charge is 0.337 e. The first-order chi connectivity index (χ1) is 14.5. The molecule has 0 bridgehead atoms. The highest BCUT2D eigenvalue weighted by Gasteiger charge is 2.24. The van der Waals surface area contributed by atoms with Crippen molar-refractivity contribution in [1.29, 1.82) is 5.26 Å². The van der Waals surface area contributed by atoms with E-state index in [0.29, 0.717) is 31.2 Å². The molecule has 1 aromatic heterocycles. The van der Waals surface area contributed by atoms with Crippen LogP contribution in [0, 0.1) is 18.3 Å².